The van der Waals surface area contributed by atoms with E-state index < -0.39 is 4.87 Å². The van der Waals surface area contributed by atoms with E-state index in [1.807, 2.05) is 35.7 Å². The van der Waals surface area contributed by atoms with Crippen molar-refractivity contribution in [1.82, 2.24) is 10.6 Å². The highest BCUT2D eigenvalue weighted by Gasteiger charge is 2.41. The minimum Gasteiger partial charge on any atom is -0.365 e. The average Bonchev–Trinajstić information content (AvgIpc) is 2.79. The standard InChI is InChI=1S/C11H12N2OS/c1-12-10(14)11(13-7-8-15-11)9-5-3-2-4-6-9/h2-8,13H,1H3,(H,12,14). The number of nitrogens with one attached hydrogen (secondary N) is 2. The van der Waals surface area contributed by atoms with Crippen molar-refractivity contribution < 1.29 is 4.79 Å². The van der Waals surface area contributed by atoms with Crippen LogP contribution in [-0.2, 0) is 9.67 Å². The Morgan fingerprint density at radius 3 is 2.67 bits per heavy atom. The van der Waals surface area contributed by atoms with E-state index in [1.54, 1.807) is 13.2 Å². The third-order valence-corrected chi connectivity index (χ3v) is 3.49. The zero-order chi connectivity index (χ0) is 10.7. The van der Waals surface area contributed by atoms with E-state index in [0.717, 1.165) is 5.56 Å². The topological polar surface area (TPSA) is 41.1 Å². The maximum absolute atomic E-state index is 11.9. The molecule has 0 aromatic heterocycles. The highest BCUT2D eigenvalue weighted by Crippen LogP contribution is 2.38. The summed E-state index contributed by atoms with van der Waals surface area (Å²) in [5, 5.41) is 7.68. The first-order chi connectivity index (χ1) is 7.29. The van der Waals surface area contributed by atoms with Crippen LogP contribution in [0, 0.1) is 0 Å². The lowest BCUT2D eigenvalue weighted by molar-refractivity contribution is -0.123. The number of hydrogen-bond acceptors (Lipinski definition) is 3. The summed E-state index contributed by atoms with van der Waals surface area (Å²) in [7, 11) is 1.65. The van der Waals surface area contributed by atoms with Crippen molar-refractivity contribution in [3.63, 3.8) is 0 Å². The summed E-state index contributed by atoms with van der Waals surface area (Å²) >= 11 is 1.47. The molecule has 1 aliphatic rings. The lowest BCUT2D eigenvalue weighted by Crippen LogP contribution is -2.47. The van der Waals surface area contributed by atoms with Gasteiger partial charge in [0.2, 0.25) is 0 Å². The zero-order valence-electron chi connectivity index (χ0n) is 8.36. The van der Waals surface area contributed by atoms with Crippen molar-refractivity contribution in [2.75, 3.05) is 7.05 Å². The van der Waals surface area contributed by atoms with Gasteiger partial charge in [-0.2, -0.15) is 0 Å². The molecule has 1 aliphatic heterocycles. The maximum atomic E-state index is 11.9. The van der Waals surface area contributed by atoms with Crippen LogP contribution in [0.1, 0.15) is 5.56 Å². The largest absolute Gasteiger partial charge is 0.365 e. The van der Waals surface area contributed by atoms with Crippen LogP contribution in [0.15, 0.2) is 41.9 Å². The van der Waals surface area contributed by atoms with Gasteiger partial charge in [-0.25, -0.2) is 0 Å². The molecule has 15 heavy (non-hydrogen) atoms. The first-order valence-electron chi connectivity index (χ1n) is 4.68. The van der Waals surface area contributed by atoms with Crippen molar-refractivity contribution in [1.29, 1.82) is 0 Å². The highest BCUT2D eigenvalue weighted by molar-refractivity contribution is 8.03. The summed E-state index contributed by atoms with van der Waals surface area (Å²) in [4.78, 5) is 11.2. The van der Waals surface area contributed by atoms with Crippen LogP contribution in [0.3, 0.4) is 0 Å². The molecule has 0 saturated heterocycles. The fourth-order valence-corrected chi connectivity index (χ4v) is 2.53. The molecule has 1 aromatic rings. The molecule has 0 saturated carbocycles. The van der Waals surface area contributed by atoms with Crippen LogP contribution in [0.2, 0.25) is 0 Å². The molecule has 3 nitrogen and oxygen atoms in total. The molecule has 0 bridgehead atoms. The molecule has 0 spiro atoms. The van der Waals surface area contributed by atoms with E-state index in [9.17, 15) is 4.79 Å². The van der Waals surface area contributed by atoms with Crippen LogP contribution in [0.25, 0.3) is 0 Å². The van der Waals surface area contributed by atoms with Gasteiger partial charge in [-0.1, -0.05) is 42.1 Å². The molecule has 4 heteroatoms. The summed E-state index contributed by atoms with van der Waals surface area (Å²) in [6.07, 6.45) is 1.80. The van der Waals surface area contributed by atoms with Crippen LogP contribution in [0.5, 0.6) is 0 Å². The molecule has 1 aromatic carbocycles. The summed E-state index contributed by atoms with van der Waals surface area (Å²) in [6, 6.07) is 9.69. The number of amides is 1. The minimum absolute atomic E-state index is 0.0382. The lowest BCUT2D eigenvalue weighted by Gasteiger charge is -2.27. The smallest absolute Gasteiger partial charge is 0.261 e. The Morgan fingerprint density at radius 2 is 2.13 bits per heavy atom. The Balaban J connectivity index is 2.40. The Kier molecular flexibility index (Phi) is 2.68. The Bertz CT molecular complexity index is 381. The van der Waals surface area contributed by atoms with Crippen molar-refractivity contribution in [2.45, 2.75) is 4.87 Å². The quantitative estimate of drug-likeness (QED) is 0.791. The first-order valence-corrected chi connectivity index (χ1v) is 5.56. The van der Waals surface area contributed by atoms with Gasteiger partial charge in [0.25, 0.3) is 5.91 Å². The molecule has 1 atom stereocenters. The van der Waals surface area contributed by atoms with E-state index in [-0.39, 0.29) is 5.91 Å². The summed E-state index contributed by atoms with van der Waals surface area (Å²) in [5.74, 6) is -0.0382. The normalized spacial score (nSPS) is 23.5. The Hall–Kier alpha value is -1.42. The van der Waals surface area contributed by atoms with E-state index in [2.05, 4.69) is 10.6 Å². The molecular weight excluding hydrogens is 208 g/mol. The fraction of sp³-hybridized carbons (Fsp3) is 0.182. The number of likely N-dealkylation sites (N-methyl/N-ethyl adjacent to an activating group) is 1. The monoisotopic (exact) mass is 220 g/mol. The van der Waals surface area contributed by atoms with Gasteiger partial charge in [0, 0.05) is 13.2 Å². The number of thioether (sulfide) groups is 1. The number of hydrogen-bond donors (Lipinski definition) is 2. The van der Waals surface area contributed by atoms with Crippen LogP contribution in [0.4, 0.5) is 0 Å². The van der Waals surface area contributed by atoms with Crippen LogP contribution in [-0.4, -0.2) is 13.0 Å². The highest BCUT2D eigenvalue weighted by atomic mass is 32.2. The molecule has 78 valence electrons. The van der Waals surface area contributed by atoms with E-state index >= 15 is 0 Å². The number of carbonyl (C=O) groups excluding carboxylic acids is 1. The van der Waals surface area contributed by atoms with Gasteiger partial charge < -0.3 is 10.6 Å². The van der Waals surface area contributed by atoms with E-state index in [4.69, 9.17) is 0 Å². The Labute approximate surface area is 92.9 Å². The summed E-state index contributed by atoms with van der Waals surface area (Å²) < 4.78 is 0. The molecule has 2 N–H and O–H groups in total. The molecule has 0 fully saturated rings. The second-order valence-corrected chi connectivity index (χ2v) is 4.31. The molecular formula is C11H12N2OS. The Morgan fingerprint density at radius 1 is 1.40 bits per heavy atom. The average molecular weight is 220 g/mol. The van der Waals surface area contributed by atoms with Gasteiger partial charge in [0.1, 0.15) is 0 Å². The molecule has 1 unspecified atom stereocenters. The number of carbonyl (C=O) groups is 1. The van der Waals surface area contributed by atoms with Crippen LogP contribution >= 0.6 is 11.8 Å². The SMILES string of the molecule is CNC(=O)C1(c2ccccc2)NC=CS1. The molecule has 0 radical (unpaired) electrons. The molecule has 1 amide bonds. The van der Waals surface area contributed by atoms with Gasteiger partial charge in [0.15, 0.2) is 4.87 Å². The number of rotatable bonds is 2. The van der Waals surface area contributed by atoms with Crippen molar-refractivity contribution >= 4 is 17.7 Å². The van der Waals surface area contributed by atoms with Crippen LogP contribution < -0.4 is 10.6 Å². The van der Waals surface area contributed by atoms with Crippen molar-refractivity contribution in [2.24, 2.45) is 0 Å². The molecule has 0 aliphatic carbocycles. The van der Waals surface area contributed by atoms with Gasteiger partial charge >= 0.3 is 0 Å². The zero-order valence-corrected chi connectivity index (χ0v) is 9.17. The third-order valence-electron chi connectivity index (χ3n) is 2.33. The third kappa shape index (κ3) is 1.61. The van der Waals surface area contributed by atoms with Crippen molar-refractivity contribution in [3.05, 3.63) is 47.5 Å². The van der Waals surface area contributed by atoms with Gasteiger partial charge in [-0.15, -0.1) is 0 Å². The second-order valence-electron chi connectivity index (χ2n) is 3.19. The van der Waals surface area contributed by atoms with Crippen molar-refractivity contribution in [3.8, 4) is 0 Å². The number of benzene rings is 1. The first kappa shape index (κ1) is 10.1. The predicted octanol–water partition coefficient (Wildman–Crippen LogP) is 1.39. The van der Waals surface area contributed by atoms with E-state index in [1.165, 1.54) is 11.8 Å². The van der Waals surface area contributed by atoms with Gasteiger partial charge in [-0.3, -0.25) is 4.79 Å². The summed E-state index contributed by atoms with van der Waals surface area (Å²) in [5.41, 5.74) is 0.958. The summed E-state index contributed by atoms with van der Waals surface area (Å²) in [6.45, 7) is 0. The minimum atomic E-state index is -0.698. The second kappa shape index (κ2) is 3.98. The maximum Gasteiger partial charge on any atom is 0.261 e. The van der Waals surface area contributed by atoms with E-state index in [0.29, 0.717) is 0 Å². The predicted molar refractivity (Wildman–Crippen MR) is 62.1 cm³/mol. The fourth-order valence-electron chi connectivity index (χ4n) is 1.57. The van der Waals surface area contributed by atoms with Gasteiger partial charge in [0.05, 0.1) is 0 Å². The molecule has 1 heterocycles. The van der Waals surface area contributed by atoms with Gasteiger partial charge in [-0.05, 0) is 11.0 Å². The molecule has 2 rings (SSSR count). The lowest BCUT2D eigenvalue weighted by atomic mass is 10.1.